The van der Waals surface area contributed by atoms with Crippen molar-refractivity contribution >= 4 is 27.9 Å². The Balaban J connectivity index is 2.19. The van der Waals surface area contributed by atoms with Gasteiger partial charge in [0.2, 0.25) is 0 Å². The van der Waals surface area contributed by atoms with E-state index in [1.54, 1.807) is 18.2 Å². The van der Waals surface area contributed by atoms with Crippen LogP contribution in [0.5, 0.6) is 5.75 Å². The molecule has 2 aromatic carbocycles. The number of benzene rings is 2. The molecule has 2 rings (SSSR count). The van der Waals surface area contributed by atoms with E-state index in [0.717, 1.165) is 10.0 Å². The lowest BCUT2D eigenvalue weighted by Crippen LogP contribution is -2.23. The minimum absolute atomic E-state index is 0.0143. The van der Waals surface area contributed by atoms with Crippen molar-refractivity contribution in [2.45, 2.75) is 6.54 Å². The number of nitrogens with zero attached hydrogens (tertiary/aromatic N) is 1. The first kappa shape index (κ1) is 18.3. The van der Waals surface area contributed by atoms with Crippen LogP contribution in [0.4, 0.5) is 0 Å². The Morgan fingerprint density at radius 1 is 1.28 bits per heavy atom. The van der Waals surface area contributed by atoms with Crippen molar-refractivity contribution in [3.8, 4) is 24.2 Å². The minimum Gasteiger partial charge on any atom is -0.480 e. The molecule has 0 aliphatic heterocycles. The van der Waals surface area contributed by atoms with Crippen LogP contribution < -0.4 is 10.1 Å². The molecular formula is C20H15BrN2O2. The summed E-state index contributed by atoms with van der Waals surface area (Å²) in [5.74, 6) is 2.44. The Morgan fingerprint density at radius 2 is 2.04 bits per heavy atom. The SMILES string of the molecule is C#CCOc1ccc(Br)cc1/C=C(\C#N)C(=O)NCc1ccccc1. The maximum atomic E-state index is 12.3. The molecular weight excluding hydrogens is 380 g/mol. The zero-order valence-electron chi connectivity index (χ0n) is 13.3. The average Bonchev–Trinajstić information content (AvgIpc) is 2.64. The van der Waals surface area contributed by atoms with E-state index in [9.17, 15) is 10.1 Å². The van der Waals surface area contributed by atoms with Crippen LogP contribution in [0.3, 0.4) is 0 Å². The molecule has 0 spiro atoms. The van der Waals surface area contributed by atoms with Crippen LogP contribution in [-0.4, -0.2) is 12.5 Å². The minimum atomic E-state index is -0.450. The van der Waals surface area contributed by atoms with Crippen LogP contribution in [0, 0.1) is 23.7 Å². The third-order valence-electron chi connectivity index (χ3n) is 3.24. The number of terminal acetylenes is 1. The van der Waals surface area contributed by atoms with E-state index in [-0.39, 0.29) is 12.2 Å². The number of nitriles is 1. The van der Waals surface area contributed by atoms with Gasteiger partial charge in [0.05, 0.1) is 0 Å². The monoisotopic (exact) mass is 394 g/mol. The summed E-state index contributed by atoms with van der Waals surface area (Å²) in [5.41, 5.74) is 1.53. The van der Waals surface area contributed by atoms with E-state index in [1.165, 1.54) is 6.08 Å². The zero-order valence-corrected chi connectivity index (χ0v) is 14.9. The molecule has 5 heteroatoms. The summed E-state index contributed by atoms with van der Waals surface area (Å²) in [4.78, 5) is 12.3. The lowest BCUT2D eigenvalue weighted by molar-refractivity contribution is -0.117. The largest absolute Gasteiger partial charge is 0.480 e. The van der Waals surface area contributed by atoms with Gasteiger partial charge in [0.1, 0.15) is 24.0 Å². The van der Waals surface area contributed by atoms with Crippen LogP contribution in [-0.2, 0) is 11.3 Å². The molecule has 1 amide bonds. The molecule has 0 fully saturated rings. The summed E-state index contributed by atoms with van der Waals surface area (Å²) >= 11 is 3.37. The molecule has 0 aliphatic carbocycles. The first-order chi connectivity index (χ1) is 12.1. The lowest BCUT2D eigenvalue weighted by atomic mass is 10.1. The van der Waals surface area contributed by atoms with E-state index in [2.05, 4.69) is 27.2 Å². The van der Waals surface area contributed by atoms with Gasteiger partial charge in [0.25, 0.3) is 5.91 Å². The third-order valence-corrected chi connectivity index (χ3v) is 3.74. The van der Waals surface area contributed by atoms with Gasteiger partial charge in [-0.2, -0.15) is 5.26 Å². The molecule has 0 aliphatic rings. The molecule has 0 saturated carbocycles. The van der Waals surface area contributed by atoms with Gasteiger partial charge in [-0.25, -0.2) is 0 Å². The Bertz CT molecular complexity index is 862. The second-order valence-electron chi connectivity index (χ2n) is 5.01. The number of ether oxygens (including phenoxy) is 1. The fourth-order valence-electron chi connectivity index (χ4n) is 2.06. The number of carbonyl (C=O) groups is 1. The summed E-state index contributed by atoms with van der Waals surface area (Å²) in [6.07, 6.45) is 6.69. The van der Waals surface area contributed by atoms with E-state index in [4.69, 9.17) is 11.2 Å². The van der Waals surface area contributed by atoms with Crippen LogP contribution in [0.25, 0.3) is 6.08 Å². The maximum absolute atomic E-state index is 12.3. The third kappa shape index (κ3) is 5.53. The summed E-state index contributed by atoms with van der Waals surface area (Å²) in [5, 5.41) is 12.1. The second-order valence-corrected chi connectivity index (χ2v) is 5.93. The highest BCUT2D eigenvalue weighted by Gasteiger charge is 2.11. The molecule has 0 unspecified atom stereocenters. The van der Waals surface area contributed by atoms with Crippen LogP contribution in [0.15, 0.2) is 58.6 Å². The Kier molecular flexibility index (Phi) is 6.83. The number of carbonyl (C=O) groups excluding carboxylic acids is 1. The molecule has 0 atom stereocenters. The van der Waals surface area contributed by atoms with E-state index in [0.29, 0.717) is 17.9 Å². The van der Waals surface area contributed by atoms with Gasteiger partial charge in [-0.1, -0.05) is 52.2 Å². The lowest BCUT2D eigenvalue weighted by Gasteiger charge is -2.08. The van der Waals surface area contributed by atoms with Crippen LogP contribution in [0.2, 0.25) is 0 Å². The Hall–Kier alpha value is -3.02. The number of amides is 1. The number of rotatable bonds is 6. The fraction of sp³-hybridized carbons (Fsp3) is 0.100. The summed E-state index contributed by atoms with van der Waals surface area (Å²) in [6.45, 7) is 0.447. The van der Waals surface area contributed by atoms with Gasteiger partial charge >= 0.3 is 0 Å². The maximum Gasteiger partial charge on any atom is 0.262 e. The van der Waals surface area contributed by atoms with Crippen molar-refractivity contribution < 1.29 is 9.53 Å². The van der Waals surface area contributed by atoms with E-state index < -0.39 is 5.91 Å². The standard InChI is InChI=1S/C20H15BrN2O2/c1-2-10-25-19-9-8-18(21)12-16(19)11-17(13-22)20(24)23-14-15-6-4-3-5-7-15/h1,3-9,11-12H,10,14H2,(H,23,24)/b17-11+. The molecule has 1 N–H and O–H groups in total. The molecule has 2 aromatic rings. The van der Waals surface area contributed by atoms with Crippen LogP contribution in [0.1, 0.15) is 11.1 Å². The molecule has 0 heterocycles. The molecule has 25 heavy (non-hydrogen) atoms. The average molecular weight is 395 g/mol. The molecule has 4 nitrogen and oxygen atoms in total. The summed E-state index contributed by atoms with van der Waals surface area (Å²) in [6, 6.07) is 16.7. The highest BCUT2D eigenvalue weighted by atomic mass is 79.9. The Labute approximate surface area is 155 Å². The molecule has 0 aromatic heterocycles. The van der Waals surface area contributed by atoms with Gasteiger partial charge in [-0.05, 0) is 29.8 Å². The summed E-state index contributed by atoms with van der Waals surface area (Å²) in [7, 11) is 0. The van der Waals surface area contributed by atoms with Crippen molar-refractivity contribution in [2.75, 3.05) is 6.61 Å². The topological polar surface area (TPSA) is 62.1 Å². The second kappa shape index (κ2) is 9.32. The molecule has 0 saturated heterocycles. The van der Waals surface area contributed by atoms with Gasteiger partial charge in [-0.3, -0.25) is 4.79 Å². The van der Waals surface area contributed by atoms with Crippen molar-refractivity contribution in [3.63, 3.8) is 0 Å². The fourth-order valence-corrected chi connectivity index (χ4v) is 2.44. The van der Waals surface area contributed by atoms with Gasteiger partial charge in [0, 0.05) is 16.6 Å². The molecule has 124 valence electrons. The van der Waals surface area contributed by atoms with Crippen molar-refractivity contribution in [3.05, 3.63) is 69.7 Å². The van der Waals surface area contributed by atoms with E-state index in [1.807, 2.05) is 36.4 Å². The summed E-state index contributed by atoms with van der Waals surface area (Å²) < 4.78 is 6.25. The normalized spacial score (nSPS) is 10.4. The predicted molar refractivity (Wildman–Crippen MR) is 100 cm³/mol. The zero-order chi connectivity index (χ0) is 18.1. The molecule has 0 bridgehead atoms. The highest BCUT2D eigenvalue weighted by Crippen LogP contribution is 2.25. The number of hydrogen-bond acceptors (Lipinski definition) is 3. The number of hydrogen-bond donors (Lipinski definition) is 1. The van der Waals surface area contributed by atoms with Crippen molar-refractivity contribution in [1.82, 2.24) is 5.32 Å². The van der Waals surface area contributed by atoms with E-state index >= 15 is 0 Å². The van der Waals surface area contributed by atoms with Gasteiger partial charge in [0.15, 0.2) is 0 Å². The van der Waals surface area contributed by atoms with Gasteiger partial charge < -0.3 is 10.1 Å². The molecule has 0 radical (unpaired) electrons. The predicted octanol–water partition coefficient (Wildman–Crippen LogP) is 3.68. The first-order valence-electron chi connectivity index (χ1n) is 7.43. The number of nitrogens with one attached hydrogen (secondary N) is 1. The van der Waals surface area contributed by atoms with Crippen LogP contribution >= 0.6 is 15.9 Å². The van der Waals surface area contributed by atoms with Crippen molar-refractivity contribution in [2.24, 2.45) is 0 Å². The highest BCUT2D eigenvalue weighted by molar-refractivity contribution is 9.10. The smallest absolute Gasteiger partial charge is 0.262 e. The van der Waals surface area contributed by atoms with Crippen molar-refractivity contribution in [1.29, 1.82) is 5.26 Å². The number of halogens is 1. The Morgan fingerprint density at radius 3 is 2.72 bits per heavy atom. The van der Waals surface area contributed by atoms with Gasteiger partial charge in [-0.15, -0.1) is 6.42 Å². The first-order valence-corrected chi connectivity index (χ1v) is 8.23. The quantitative estimate of drug-likeness (QED) is 0.461.